The highest BCUT2D eigenvalue weighted by Crippen LogP contribution is 2.41. The van der Waals surface area contributed by atoms with Crippen LogP contribution in [0.3, 0.4) is 0 Å². The van der Waals surface area contributed by atoms with Crippen molar-refractivity contribution < 1.29 is 14.3 Å². The van der Waals surface area contributed by atoms with Gasteiger partial charge in [0.05, 0.1) is 0 Å². The Labute approximate surface area is 165 Å². The van der Waals surface area contributed by atoms with Crippen LogP contribution < -0.4 is 20.5 Å². The van der Waals surface area contributed by atoms with Crippen LogP contribution in [-0.2, 0) is 11.3 Å². The molecule has 2 aromatic heterocycles. The normalized spacial score (nSPS) is 12.5. The Bertz CT molecular complexity index is 995. The van der Waals surface area contributed by atoms with Gasteiger partial charge in [0.25, 0.3) is 0 Å². The molecule has 1 aromatic carbocycles. The van der Waals surface area contributed by atoms with E-state index in [0.29, 0.717) is 47.4 Å². The first-order chi connectivity index (χ1) is 12.7. The van der Waals surface area contributed by atoms with Crippen LogP contribution in [0.1, 0.15) is 0 Å². The molecular weight excluding hydrogens is 471 g/mol. The first-order valence-corrected chi connectivity index (χ1v) is 9.47. The Kier molecular flexibility index (Phi) is 4.72. The molecule has 0 bridgehead atoms. The van der Waals surface area contributed by atoms with Gasteiger partial charge in [-0.05, 0) is 34.7 Å². The summed E-state index contributed by atoms with van der Waals surface area (Å²) in [5.74, 6) is 1.76. The Hall–Kier alpha value is -2.28. The lowest BCUT2D eigenvalue weighted by molar-refractivity contribution is -0.109. The molecule has 0 unspecified atom stereocenters. The summed E-state index contributed by atoms with van der Waals surface area (Å²) < 4.78 is 13.8. The Morgan fingerprint density at radius 1 is 1.35 bits per heavy atom. The number of benzene rings is 1. The zero-order valence-electron chi connectivity index (χ0n) is 13.3. The number of carbonyl (C=O) groups is 1. The monoisotopic (exact) mass is 484 g/mol. The van der Waals surface area contributed by atoms with Crippen molar-refractivity contribution in [1.82, 2.24) is 24.8 Å². The molecule has 0 saturated carbocycles. The zero-order chi connectivity index (χ0) is 18.1. The second-order valence-electron chi connectivity index (χ2n) is 5.29. The van der Waals surface area contributed by atoms with Crippen LogP contribution in [0.25, 0.3) is 11.2 Å². The number of nitrogens with one attached hydrogen (secondary N) is 1. The molecule has 0 aliphatic carbocycles. The minimum Gasteiger partial charge on any atom is -0.454 e. The van der Waals surface area contributed by atoms with Crippen molar-refractivity contribution in [3.8, 4) is 11.5 Å². The van der Waals surface area contributed by atoms with E-state index >= 15 is 0 Å². The molecule has 11 heteroatoms. The minimum atomic E-state index is 0.224. The highest BCUT2D eigenvalue weighted by atomic mass is 127. The number of nitrogens with two attached hydrogens (primary N) is 1. The van der Waals surface area contributed by atoms with E-state index < -0.39 is 0 Å². The third kappa shape index (κ3) is 3.11. The molecule has 0 atom stereocenters. The molecule has 3 N–H and O–H groups in total. The molecule has 1 amide bonds. The number of halogens is 1. The van der Waals surface area contributed by atoms with E-state index in [9.17, 15) is 4.79 Å². The van der Waals surface area contributed by atoms with Crippen LogP contribution in [0.5, 0.6) is 11.5 Å². The number of imidazole rings is 1. The summed E-state index contributed by atoms with van der Waals surface area (Å²) >= 11 is 3.72. The number of anilines is 1. The molecular formula is C15H13IN6O3S. The van der Waals surface area contributed by atoms with Crippen molar-refractivity contribution >= 4 is 57.7 Å². The van der Waals surface area contributed by atoms with Crippen LogP contribution in [0, 0.1) is 3.57 Å². The second-order valence-corrected chi connectivity index (χ2v) is 7.46. The summed E-state index contributed by atoms with van der Waals surface area (Å²) in [5.41, 5.74) is 7.11. The Balaban J connectivity index is 1.74. The highest BCUT2D eigenvalue weighted by molar-refractivity contribution is 14.1. The number of rotatable bonds is 6. The molecule has 4 rings (SSSR count). The van der Waals surface area contributed by atoms with Crippen molar-refractivity contribution in [3.63, 3.8) is 0 Å². The highest BCUT2D eigenvalue weighted by Gasteiger charge is 2.20. The van der Waals surface area contributed by atoms with Gasteiger partial charge in [-0.25, -0.2) is 15.0 Å². The molecule has 9 nitrogen and oxygen atoms in total. The van der Waals surface area contributed by atoms with Gasteiger partial charge in [0, 0.05) is 21.6 Å². The van der Waals surface area contributed by atoms with Crippen molar-refractivity contribution in [2.75, 3.05) is 19.1 Å². The molecule has 0 spiro atoms. The third-order valence-corrected chi connectivity index (χ3v) is 6.03. The average molecular weight is 484 g/mol. The first kappa shape index (κ1) is 17.1. The van der Waals surface area contributed by atoms with E-state index in [1.54, 1.807) is 0 Å². The quantitative estimate of drug-likeness (QED) is 0.308. The van der Waals surface area contributed by atoms with E-state index in [4.69, 9.17) is 15.2 Å². The molecule has 0 radical (unpaired) electrons. The molecule has 3 aromatic rings. The number of ether oxygens (including phenoxy) is 2. The lowest BCUT2D eigenvalue weighted by Crippen LogP contribution is -2.18. The Morgan fingerprint density at radius 2 is 2.15 bits per heavy atom. The standard InChI is InChI=1S/C15H13IN6O3S/c16-8-3-9-10(25-7-24-9)4-11(8)26-15-21-12-13(17)19-5-20-14(12)22(15)2-1-18-6-23/h3-6H,1-2,7H2,(H,18,23)(H2,17,19,20). The van der Waals surface area contributed by atoms with Gasteiger partial charge in [-0.2, -0.15) is 0 Å². The number of nitrogens with zero attached hydrogens (tertiary/aromatic N) is 4. The van der Waals surface area contributed by atoms with Gasteiger partial charge < -0.3 is 25.1 Å². The van der Waals surface area contributed by atoms with Gasteiger partial charge in [0.1, 0.15) is 6.33 Å². The lowest BCUT2D eigenvalue weighted by Gasteiger charge is -2.09. The lowest BCUT2D eigenvalue weighted by atomic mass is 10.3. The summed E-state index contributed by atoms with van der Waals surface area (Å²) in [6.07, 6.45) is 2.07. The third-order valence-electron chi connectivity index (χ3n) is 3.72. The number of amides is 1. The van der Waals surface area contributed by atoms with E-state index in [1.807, 2.05) is 16.7 Å². The zero-order valence-corrected chi connectivity index (χ0v) is 16.3. The van der Waals surface area contributed by atoms with Gasteiger partial charge in [0.15, 0.2) is 33.6 Å². The summed E-state index contributed by atoms with van der Waals surface area (Å²) in [5, 5.41) is 3.36. The number of nitrogen functional groups attached to an aromatic ring is 1. The van der Waals surface area contributed by atoms with Gasteiger partial charge in [-0.3, -0.25) is 4.79 Å². The maximum absolute atomic E-state index is 10.6. The van der Waals surface area contributed by atoms with Crippen LogP contribution in [0.2, 0.25) is 0 Å². The van der Waals surface area contributed by atoms with Crippen molar-refractivity contribution in [1.29, 1.82) is 0 Å². The van der Waals surface area contributed by atoms with Crippen LogP contribution >= 0.6 is 34.4 Å². The van der Waals surface area contributed by atoms with Gasteiger partial charge in [-0.1, -0.05) is 11.8 Å². The molecule has 26 heavy (non-hydrogen) atoms. The maximum Gasteiger partial charge on any atom is 0.231 e. The molecule has 1 aliphatic rings. The van der Waals surface area contributed by atoms with E-state index in [2.05, 4.69) is 42.9 Å². The average Bonchev–Trinajstić information content (AvgIpc) is 3.21. The molecule has 1 aliphatic heterocycles. The van der Waals surface area contributed by atoms with Crippen molar-refractivity contribution in [3.05, 3.63) is 22.0 Å². The SMILES string of the molecule is Nc1ncnc2c1nc(Sc1cc3c(cc1I)OCO3)n2CCNC=O. The van der Waals surface area contributed by atoms with Crippen LogP contribution in [-0.4, -0.2) is 39.3 Å². The fraction of sp³-hybridized carbons (Fsp3) is 0.200. The molecule has 0 saturated heterocycles. The Morgan fingerprint density at radius 3 is 2.96 bits per heavy atom. The molecule has 3 heterocycles. The van der Waals surface area contributed by atoms with Crippen molar-refractivity contribution in [2.45, 2.75) is 16.6 Å². The number of fused-ring (bicyclic) bond motifs is 2. The number of hydrogen-bond acceptors (Lipinski definition) is 8. The summed E-state index contributed by atoms with van der Waals surface area (Å²) in [4.78, 5) is 24.4. The molecule has 134 valence electrons. The minimum absolute atomic E-state index is 0.224. The fourth-order valence-corrected chi connectivity index (χ4v) is 4.24. The first-order valence-electron chi connectivity index (χ1n) is 7.58. The number of aromatic nitrogens is 4. The number of carbonyl (C=O) groups excluding carboxylic acids is 1. The number of hydrogen-bond donors (Lipinski definition) is 2. The fourth-order valence-electron chi connectivity index (χ4n) is 2.52. The van der Waals surface area contributed by atoms with E-state index in [1.165, 1.54) is 18.1 Å². The van der Waals surface area contributed by atoms with Crippen LogP contribution in [0.15, 0.2) is 28.5 Å². The topological polar surface area (TPSA) is 117 Å². The smallest absolute Gasteiger partial charge is 0.231 e. The predicted molar refractivity (Wildman–Crippen MR) is 103 cm³/mol. The van der Waals surface area contributed by atoms with Gasteiger partial charge in [0.2, 0.25) is 13.2 Å². The van der Waals surface area contributed by atoms with Gasteiger partial charge in [-0.15, -0.1) is 0 Å². The largest absolute Gasteiger partial charge is 0.454 e. The van der Waals surface area contributed by atoms with Crippen LogP contribution in [0.4, 0.5) is 5.82 Å². The van der Waals surface area contributed by atoms with E-state index in [-0.39, 0.29) is 6.79 Å². The summed E-state index contributed by atoms with van der Waals surface area (Å²) in [6, 6.07) is 3.86. The predicted octanol–water partition coefficient (Wildman–Crippen LogP) is 1.64. The second kappa shape index (κ2) is 7.15. The maximum atomic E-state index is 10.6. The summed E-state index contributed by atoms with van der Waals surface area (Å²) in [7, 11) is 0. The van der Waals surface area contributed by atoms with E-state index in [0.717, 1.165) is 14.2 Å². The van der Waals surface area contributed by atoms with Gasteiger partial charge >= 0.3 is 0 Å². The summed E-state index contributed by atoms with van der Waals surface area (Å²) in [6.45, 7) is 1.18. The van der Waals surface area contributed by atoms with Crippen molar-refractivity contribution in [2.24, 2.45) is 0 Å². The molecule has 0 fully saturated rings.